The van der Waals surface area contributed by atoms with Gasteiger partial charge in [0.15, 0.2) is 5.78 Å². The van der Waals surface area contributed by atoms with Gasteiger partial charge in [-0.2, -0.15) is 0 Å². The molecule has 0 fully saturated rings. The summed E-state index contributed by atoms with van der Waals surface area (Å²) < 4.78 is 16.9. The molecule has 3 rings (SSSR count). The molecule has 0 saturated carbocycles. The second-order valence-corrected chi connectivity index (χ2v) is 6.06. The van der Waals surface area contributed by atoms with Crippen LogP contribution in [0.5, 0.6) is 11.5 Å². The summed E-state index contributed by atoms with van der Waals surface area (Å²) in [5, 5.41) is 0. The van der Waals surface area contributed by atoms with Crippen molar-refractivity contribution < 1.29 is 19.0 Å². The number of methoxy groups -OCH3 is 1. The molecule has 4 heteroatoms. The lowest BCUT2D eigenvalue weighted by molar-refractivity contribution is -0.0225. The van der Waals surface area contributed by atoms with Gasteiger partial charge in [0, 0.05) is 11.5 Å². The molecule has 0 unspecified atom stereocenters. The lowest BCUT2D eigenvalue weighted by Crippen LogP contribution is -2.38. The van der Waals surface area contributed by atoms with Crippen molar-refractivity contribution in [2.75, 3.05) is 13.7 Å². The largest absolute Gasteiger partial charge is 0.497 e. The quantitative estimate of drug-likeness (QED) is 0.592. The Morgan fingerprint density at radius 3 is 2.36 bits per heavy atom. The minimum absolute atomic E-state index is 0.00639. The number of hydrogen-bond acceptors (Lipinski definition) is 4. The zero-order valence-corrected chi connectivity index (χ0v) is 14.4. The van der Waals surface area contributed by atoms with Crippen molar-refractivity contribution in [2.24, 2.45) is 5.92 Å². The van der Waals surface area contributed by atoms with Crippen molar-refractivity contribution in [2.45, 2.75) is 19.1 Å². The van der Waals surface area contributed by atoms with Crippen molar-refractivity contribution in [1.29, 1.82) is 0 Å². The fourth-order valence-electron chi connectivity index (χ4n) is 2.77. The highest BCUT2D eigenvalue weighted by atomic mass is 16.5. The topological polar surface area (TPSA) is 44.8 Å². The third-order valence-corrected chi connectivity index (χ3v) is 4.22. The van der Waals surface area contributed by atoms with Crippen LogP contribution < -0.4 is 9.47 Å². The summed E-state index contributed by atoms with van der Waals surface area (Å²) in [5.74, 6) is 1.56. The third kappa shape index (κ3) is 4.28. The predicted octanol–water partition coefficient (Wildman–Crippen LogP) is 3.92. The van der Waals surface area contributed by atoms with Crippen LogP contribution in [0, 0.1) is 5.92 Å². The lowest BCUT2D eigenvalue weighted by atomic mass is 9.93. The molecule has 25 heavy (non-hydrogen) atoms. The van der Waals surface area contributed by atoms with Crippen LogP contribution in [0.2, 0.25) is 0 Å². The average Bonchev–Trinajstić information content (AvgIpc) is 2.68. The van der Waals surface area contributed by atoms with Gasteiger partial charge in [-0.1, -0.05) is 49.4 Å². The molecule has 1 aliphatic rings. The molecule has 1 aliphatic heterocycles. The highest BCUT2D eigenvalue weighted by Crippen LogP contribution is 2.23. The second-order valence-electron chi connectivity index (χ2n) is 6.06. The molecule has 0 radical (unpaired) electrons. The molecule has 0 spiro atoms. The molecule has 1 heterocycles. The van der Waals surface area contributed by atoms with Gasteiger partial charge in [-0.25, -0.2) is 0 Å². The first-order valence-electron chi connectivity index (χ1n) is 8.37. The maximum Gasteiger partial charge on any atom is 0.192 e. The number of benzene rings is 2. The van der Waals surface area contributed by atoms with Gasteiger partial charge < -0.3 is 14.2 Å². The first-order valence-corrected chi connectivity index (χ1v) is 8.37. The van der Waals surface area contributed by atoms with E-state index in [1.165, 1.54) is 0 Å². The van der Waals surface area contributed by atoms with E-state index < -0.39 is 6.10 Å². The molecule has 0 aliphatic carbocycles. The summed E-state index contributed by atoms with van der Waals surface area (Å²) >= 11 is 0. The van der Waals surface area contributed by atoms with Crippen LogP contribution in [0.1, 0.15) is 17.3 Å². The van der Waals surface area contributed by atoms with E-state index in [1.807, 2.05) is 73.7 Å². The average molecular weight is 338 g/mol. The van der Waals surface area contributed by atoms with E-state index in [9.17, 15) is 4.79 Å². The van der Waals surface area contributed by atoms with Gasteiger partial charge in [-0.05, 0) is 24.3 Å². The van der Waals surface area contributed by atoms with Crippen molar-refractivity contribution in [3.63, 3.8) is 0 Å². The predicted molar refractivity (Wildman–Crippen MR) is 96.2 cm³/mol. The molecule has 0 amide bonds. The molecule has 0 saturated heterocycles. The second kappa shape index (κ2) is 7.99. The Labute approximate surface area is 148 Å². The number of rotatable bonds is 6. The number of carbonyl (C=O) groups is 1. The number of hydrogen-bond donors (Lipinski definition) is 0. The Hall–Kier alpha value is -2.59. The lowest BCUT2D eigenvalue weighted by Gasteiger charge is -2.29. The molecule has 2 aromatic carbocycles. The van der Waals surface area contributed by atoms with Gasteiger partial charge >= 0.3 is 0 Å². The first kappa shape index (κ1) is 17.2. The molecule has 2 aromatic rings. The maximum absolute atomic E-state index is 12.7. The minimum atomic E-state index is -0.489. The van der Waals surface area contributed by atoms with E-state index in [1.54, 1.807) is 7.11 Å². The van der Waals surface area contributed by atoms with Crippen LogP contribution in [0.15, 0.2) is 66.7 Å². The Balaban J connectivity index is 1.61. The van der Waals surface area contributed by atoms with E-state index in [-0.39, 0.29) is 17.8 Å². The molecule has 0 N–H and O–H groups in total. The van der Waals surface area contributed by atoms with Crippen LogP contribution in [-0.2, 0) is 4.74 Å². The van der Waals surface area contributed by atoms with Crippen molar-refractivity contribution in [3.8, 4) is 11.5 Å². The van der Waals surface area contributed by atoms with Crippen LogP contribution >= 0.6 is 0 Å². The summed E-state index contributed by atoms with van der Waals surface area (Å²) in [7, 11) is 1.63. The molecule has 0 aromatic heterocycles. The Morgan fingerprint density at radius 2 is 1.68 bits per heavy atom. The minimum Gasteiger partial charge on any atom is -0.497 e. The van der Waals surface area contributed by atoms with Crippen molar-refractivity contribution in [3.05, 3.63) is 72.3 Å². The van der Waals surface area contributed by atoms with Gasteiger partial charge in [-0.3, -0.25) is 4.79 Å². The van der Waals surface area contributed by atoms with Gasteiger partial charge in [0.1, 0.15) is 30.3 Å². The van der Waals surface area contributed by atoms with E-state index in [2.05, 4.69) is 0 Å². The van der Waals surface area contributed by atoms with Gasteiger partial charge in [0.25, 0.3) is 0 Å². The third-order valence-electron chi connectivity index (χ3n) is 4.22. The number of ether oxygens (including phenoxy) is 3. The summed E-state index contributed by atoms with van der Waals surface area (Å²) in [6.07, 6.45) is 3.24. The van der Waals surface area contributed by atoms with Crippen LogP contribution in [0.25, 0.3) is 0 Å². The van der Waals surface area contributed by atoms with E-state index >= 15 is 0 Å². The molecule has 3 atom stereocenters. The van der Waals surface area contributed by atoms with Gasteiger partial charge in [-0.15, -0.1) is 0 Å². The first-order chi connectivity index (χ1) is 12.2. The molecular weight excluding hydrogens is 316 g/mol. The molecule has 4 nitrogen and oxygen atoms in total. The van der Waals surface area contributed by atoms with E-state index in [0.29, 0.717) is 12.2 Å². The molecular formula is C21H22O4. The normalized spacial score (nSPS) is 22.4. The Kier molecular flexibility index (Phi) is 5.51. The van der Waals surface area contributed by atoms with Gasteiger partial charge in [0.2, 0.25) is 0 Å². The molecule has 0 bridgehead atoms. The summed E-state index contributed by atoms with van der Waals surface area (Å²) in [4.78, 5) is 12.7. The fourth-order valence-corrected chi connectivity index (χ4v) is 2.77. The van der Waals surface area contributed by atoms with Crippen molar-refractivity contribution >= 4 is 5.78 Å². The Morgan fingerprint density at radius 1 is 1.00 bits per heavy atom. The number of ketones is 1. The number of Topliss-reactive ketones (excluding diaryl/α,β-unsaturated/α-hetero) is 1. The van der Waals surface area contributed by atoms with E-state index in [0.717, 1.165) is 11.5 Å². The fraction of sp³-hybridized carbons (Fsp3) is 0.286. The summed E-state index contributed by atoms with van der Waals surface area (Å²) in [5.41, 5.74) is 0.671. The highest BCUT2D eigenvalue weighted by molar-refractivity contribution is 5.99. The maximum atomic E-state index is 12.7. The van der Waals surface area contributed by atoms with Crippen LogP contribution in [0.3, 0.4) is 0 Å². The highest BCUT2D eigenvalue weighted by Gasteiger charge is 2.31. The zero-order chi connectivity index (χ0) is 17.6. The molecule has 130 valence electrons. The van der Waals surface area contributed by atoms with E-state index in [4.69, 9.17) is 14.2 Å². The van der Waals surface area contributed by atoms with Crippen LogP contribution in [-0.4, -0.2) is 31.7 Å². The zero-order valence-electron chi connectivity index (χ0n) is 14.4. The Bertz CT molecular complexity index is 721. The van der Waals surface area contributed by atoms with Crippen molar-refractivity contribution in [1.82, 2.24) is 0 Å². The smallest absolute Gasteiger partial charge is 0.192 e. The van der Waals surface area contributed by atoms with Crippen LogP contribution in [0.4, 0.5) is 0 Å². The summed E-state index contributed by atoms with van der Waals surface area (Å²) in [6, 6.07) is 16.6. The van der Waals surface area contributed by atoms with Gasteiger partial charge in [0.05, 0.1) is 7.11 Å². The number of carbonyl (C=O) groups excluding carboxylic acids is 1. The summed E-state index contributed by atoms with van der Waals surface area (Å²) in [6.45, 7) is 2.34. The monoisotopic (exact) mass is 338 g/mol. The SMILES string of the molecule is COc1ccc(OC[C@@H]2C=C[C@H](C)[C@@H](C(=O)c3ccccc3)O2)cc1. The standard InChI is InChI=1S/C21H22O4/c1-15-8-9-19(14-24-18-12-10-17(23-2)11-13-18)25-21(15)20(22)16-6-4-3-5-7-16/h3-13,15,19,21H,14H2,1-2H3/t15-,19-,21-/m0/s1.